The molecular formula is C31H42ClN7O6S. The van der Waals surface area contributed by atoms with Gasteiger partial charge >= 0.3 is 0 Å². The first-order valence-corrected chi connectivity index (χ1v) is 17.5. The van der Waals surface area contributed by atoms with Crippen LogP contribution in [0.5, 0.6) is 17.2 Å². The number of aryl methyl sites for hydroxylation is 1. The molecule has 2 aliphatic heterocycles. The van der Waals surface area contributed by atoms with Crippen LogP contribution in [0.25, 0.3) is 0 Å². The van der Waals surface area contributed by atoms with Gasteiger partial charge in [-0.05, 0) is 43.0 Å². The lowest BCUT2D eigenvalue weighted by atomic mass is 10.00. The molecule has 0 saturated carbocycles. The molecule has 15 heteroatoms. The third-order valence-electron chi connectivity index (χ3n) is 8.23. The van der Waals surface area contributed by atoms with Gasteiger partial charge in [0.05, 0.1) is 58.4 Å². The first-order valence-electron chi connectivity index (χ1n) is 15.2. The van der Waals surface area contributed by atoms with Gasteiger partial charge in [0.1, 0.15) is 16.5 Å². The lowest BCUT2D eigenvalue weighted by molar-refractivity contribution is 0.0115. The van der Waals surface area contributed by atoms with E-state index >= 15 is 0 Å². The molecule has 0 spiro atoms. The van der Waals surface area contributed by atoms with Crippen LogP contribution in [0.1, 0.15) is 25.3 Å². The number of aromatic nitrogens is 2. The minimum Gasteiger partial charge on any atom is -0.494 e. The number of benzene rings is 2. The maximum Gasteiger partial charge on any atom is 0.230 e. The average Bonchev–Trinajstić information content (AvgIpc) is 3.06. The molecular weight excluding hydrogens is 634 g/mol. The summed E-state index contributed by atoms with van der Waals surface area (Å²) < 4.78 is 49.1. The van der Waals surface area contributed by atoms with Crippen molar-refractivity contribution in [2.45, 2.75) is 32.2 Å². The van der Waals surface area contributed by atoms with Crippen molar-refractivity contribution in [1.82, 2.24) is 14.9 Å². The maximum absolute atomic E-state index is 12.2. The Bertz CT molecular complexity index is 1630. The van der Waals surface area contributed by atoms with E-state index in [1.807, 2.05) is 0 Å². The molecule has 3 aromatic rings. The second-order valence-electron chi connectivity index (χ2n) is 11.1. The number of rotatable bonds is 12. The minimum atomic E-state index is -3.67. The molecule has 5 rings (SSSR count). The van der Waals surface area contributed by atoms with Gasteiger partial charge in [0.2, 0.25) is 16.0 Å². The molecule has 0 unspecified atom stereocenters. The van der Waals surface area contributed by atoms with Crippen LogP contribution in [0.15, 0.2) is 30.5 Å². The number of anilines is 6. The Morgan fingerprint density at radius 1 is 0.978 bits per heavy atom. The third kappa shape index (κ3) is 7.80. The summed E-state index contributed by atoms with van der Waals surface area (Å²) in [6, 6.07) is 8.04. The molecule has 2 saturated heterocycles. The highest BCUT2D eigenvalue weighted by Crippen LogP contribution is 2.43. The largest absolute Gasteiger partial charge is 0.494 e. The highest BCUT2D eigenvalue weighted by molar-refractivity contribution is 7.92. The van der Waals surface area contributed by atoms with Crippen LogP contribution in [0, 0.1) is 0 Å². The summed E-state index contributed by atoms with van der Waals surface area (Å²) >= 11 is 6.49. The van der Waals surface area contributed by atoms with Crippen molar-refractivity contribution in [2.75, 3.05) is 87.2 Å². The fourth-order valence-electron chi connectivity index (χ4n) is 5.95. The quantitative estimate of drug-likeness (QED) is 0.241. The second-order valence-corrected chi connectivity index (χ2v) is 13.3. The van der Waals surface area contributed by atoms with E-state index in [-0.39, 0.29) is 28.2 Å². The van der Waals surface area contributed by atoms with Crippen LogP contribution in [-0.4, -0.2) is 96.3 Å². The molecule has 0 bridgehead atoms. The number of methoxy groups -OCH3 is 3. The first kappa shape index (κ1) is 33.6. The molecule has 0 aliphatic carbocycles. The van der Waals surface area contributed by atoms with E-state index in [0.717, 1.165) is 64.9 Å². The van der Waals surface area contributed by atoms with Crippen molar-refractivity contribution in [3.63, 3.8) is 0 Å². The second kappa shape index (κ2) is 14.8. The minimum absolute atomic E-state index is 0.146. The number of piperidine rings is 1. The molecule has 0 amide bonds. The van der Waals surface area contributed by atoms with Gasteiger partial charge in [-0.2, -0.15) is 4.98 Å². The van der Waals surface area contributed by atoms with E-state index in [4.69, 9.17) is 30.5 Å². The zero-order valence-corrected chi connectivity index (χ0v) is 28.4. The van der Waals surface area contributed by atoms with Gasteiger partial charge in [-0.3, -0.25) is 9.62 Å². The highest BCUT2D eigenvalue weighted by Gasteiger charge is 2.27. The molecule has 13 nitrogen and oxygen atoms in total. The summed E-state index contributed by atoms with van der Waals surface area (Å²) in [6.07, 6.45) is 5.57. The maximum atomic E-state index is 12.2. The van der Waals surface area contributed by atoms with E-state index in [2.05, 4.69) is 54.2 Å². The normalized spacial score (nSPS) is 16.2. The van der Waals surface area contributed by atoms with Crippen molar-refractivity contribution in [2.24, 2.45) is 0 Å². The van der Waals surface area contributed by atoms with Crippen LogP contribution in [0.3, 0.4) is 0 Å². The van der Waals surface area contributed by atoms with Crippen molar-refractivity contribution in [1.29, 1.82) is 0 Å². The lowest BCUT2D eigenvalue weighted by Crippen LogP contribution is -2.49. The van der Waals surface area contributed by atoms with Crippen LogP contribution in [0.4, 0.5) is 34.5 Å². The highest BCUT2D eigenvalue weighted by atomic mass is 35.5. The van der Waals surface area contributed by atoms with Crippen molar-refractivity contribution in [3.05, 3.63) is 41.0 Å². The van der Waals surface area contributed by atoms with Gasteiger partial charge < -0.3 is 34.5 Å². The lowest BCUT2D eigenvalue weighted by Gasteiger charge is -2.41. The monoisotopic (exact) mass is 675 g/mol. The average molecular weight is 676 g/mol. The molecule has 2 fully saturated rings. The van der Waals surface area contributed by atoms with Gasteiger partial charge in [0.15, 0.2) is 17.3 Å². The molecule has 250 valence electrons. The van der Waals surface area contributed by atoms with Crippen LogP contribution in [0.2, 0.25) is 5.02 Å². The summed E-state index contributed by atoms with van der Waals surface area (Å²) in [6.45, 7) is 7.75. The van der Waals surface area contributed by atoms with Gasteiger partial charge in [-0.1, -0.05) is 18.5 Å². The molecule has 0 atom stereocenters. The molecule has 3 N–H and O–H groups in total. The number of morpholine rings is 1. The van der Waals surface area contributed by atoms with Gasteiger partial charge in [-0.15, -0.1) is 0 Å². The Morgan fingerprint density at radius 3 is 2.33 bits per heavy atom. The summed E-state index contributed by atoms with van der Waals surface area (Å²) in [5.41, 5.74) is 3.56. The smallest absolute Gasteiger partial charge is 0.230 e. The predicted octanol–water partition coefficient (Wildman–Crippen LogP) is 4.88. The topological polar surface area (TPSA) is 139 Å². The fraction of sp³-hybridized carbons (Fsp3) is 0.484. The summed E-state index contributed by atoms with van der Waals surface area (Å²) in [5, 5.41) is 6.62. The molecule has 0 radical (unpaired) electrons. The number of sulfonamides is 1. The zero-order chi connectivity index (χ0) is 32.8. The number of nitrogens with zero attached hydrogens (tertiary/aromatic N) is 4. The molecule has 1 aromatic heterocycles. The summed E-state index contributed by atoms with van der Waals surface area (Å²) in [4.78, 5) is 14.0. The van der Waals surface area contributed by atoms with Crippen molar-refractivity contribution < 1.29 is 27.4 Å². The van der Waals surface area contributed by atoms with E-state index in [9.17, 15) is 8.42 Å². The van der Waals surface area contributed by atoms with Gasteiger partial charge in [0, 0.05) is 44.0 Å². The molecule has 2 aliphatic rings. The fourth-order valence-corrected chi connectivity index (χ4v) is 6.67. The zero-order valence-electron chi connectivity index (χ0n) is 26.9. The first-order chi connectivity index (χ1) is 22.1. The summed E-state index contributed by atoms with van der Waals surface area (Å²) in [5.74, 6) is 1.72. The Hall–Kier alpha value is -3.72. The van der Waals surface area contributed by atoms with Gasteiger partial charge in [0.25, 0.3) is 0 Å². The number of nitrogens with one attached hydrogen (secondary N) is 3. The Balaban J connectivity index is 1.38. The Morgan fingerprint density at radius 2 is 1.70 bits per heavy atom. The molecule has 46 heavy (non-hydrogen) atoms. The van der Waals surface area contributed by atoms with Gasteiger partial charge in [-0.25, -0.2) is 13.4 Å². The SMILES string of the molecule is CCc1cc(Nc2ncc(Cl)c(Nc3ccc(OC)c(OC)c3NS(C)(=O)=O)n2)c(OC)cc1N1CCC(N2CCOCC2)CC1. The third-order valence-corrected chi connectivity index (χ3v) is 9.08. The van der Waals surface area contributed by atoms with Crippen LogP contribution >= 0.6 is 11.6 Å². The van der Waals surface area contributed by atoms with Crippen LogP contribution in [-0.2, 0) is 21.2 Å². The number of ether oxygens (including phenoxy) is 4. The van der Waals surface area contributed by atoms with E-state index in [0.29, 0.717) is 28.9 Å². The van der Waals surface area contributed by atoms with E-state index in [1.165, 1.54) is 31.7 Å². The summed E-state index contributed by atoms with van der Waals surface area (Å²) in [7, 11) is 0.860. The number of hydrogen-bond acceptors (Lipinski definition) is 12. The van der Waals surface area contributed by atoms with Crippen LogP contribution < -0.4 is 34.5 Å². The molecule has 2 aromatic carbocycles. The van der Waals surface area contributed by atoms with Crippen molar-refractivity contribution >= 4 is 56.1 Å². The van der Waals surface area contributed by atoms with E-state index in [1.54, 1.807) is 19.2 Å². The van der Waals surface area contributed by atoms with Crippen molar-refractivity contribution in [3.8, 4) is 17.2 Å². The van der Waals surface area contributed by atoms with E-state index < -0.39 is 10.0 Å². The standard InChI is InChI=1S/C31H42ClN7O6S/c1-6-20-17-24(27(43-3)18-25(20)39-11-9-21(10-12-39)38-13-15-45-16-14-38)35-31-33-19-22(32)30(36-31)34-23-7-8-26(42-2)29(44-4)28(23)37-46(5,40)41/h7-8,17-19,21,37H,6,9-16H2,1-5H3,(H2,33,34,35,36). The number of hydrogen-bond donors (Lipinski definition) is 3. The molecule has 3 heterocycles. The Labute approximate surface area is 275 Å². The Kier molecular flexibility index (Phi) is 10.8. The number of halogens is 1. The predicted molar refractivity (Wildman–Crippen MR) is 182 cm³/mol.